The highest BCUT2D eigenvalue weighted by atomic mass is 79.9. The van der Waals surface area contributed by atoms with Crippen LogP contribution >= 0.6 is 15.9 Å². The molecule has 10 heteroatoms. The Hall–Kier alpha value is -2.33. The third kappa shape index (κ3) is 3.87. The first-order valence-corrected chi connectivity index (χ1v) is 11.5. The Morgan fingerprint density at radius 2 is 2.10 bits per heavy atom. The van der Waals surface area contributed by atoms with Gasteiger partial charge in [-0.2, -0.15) is 9.97 Å². The van der Waals surface area contributed by atoms with Crippen LogP contribution in [0.2, 0.25) is 0 Å². The normalized spacial score (nSPS) is 21.4. The van der Waals surface area contributed by atoms with Gasteiger partial charge in [0.1, 0.15) is 18.2 Å². The molecule has 3 aliphatic heterocycles. The highest BCUT2D eigenvalue weighted by Crippen LogP contribution is 2.43. The summed E-state index contributed by atoms with van der Waals surface area (Å²) in [6.07, 6.45) is 2.24. The van der Waals surface area contributed by atoms with Crippen molar-refractivity contribution in [3.63, 3.8) is 0 Å². The Kier molecular flexibility index (Phi) is 5.51. The van der Waals surface area contributed by atoms with Gasteiger partial charge in [-0.25, -0.2) is 4.79 Å². The molecule has 5 rings (SSSR count). The fourth-order valence-corrected chi connectivity index (χ4v) is 5.24. The van der Waals surface area contributed by atoms with E-state index in [4.69, 9.17) is 19.4 Å². The Labute approximate surface area is 189 Å². The van der Waals surface area contributed by atoms with Gasteiger partial charge in [0.15, 0.2) is 0 Å². The predicted molar refractivity (Wildman–Crippen MR) is 119 cm³/mol. The number of nitrogens with zero attached hydrogens (tertiary/aromatic N) is 5. The number of likely N-dealkylation sites (N-methyl/N-ethyl adjacent to an activating group) is 1. The SMILES string of the molecule is CN1CCC[C@H]1COc1nc(N2CCN(C(=O)O)CC2)c2c3c(c(Br)cc2n1)CCO3. The average Bonchev–Trinajstić information content (AvgIpc) is 3.41. The summed E-state index contributed by atoms with van der Waals surface area (Å²) >= 11 is 3.66. The highest BCUT2D eigenvalue weighted by Gasteiger charge is 2.29. The molecule has 1 aromatic heterocycles. The van der Waals surface area contributed by atoms with Gasteiger partial charge in [-0.05, 0) is 32.5 Å². The molecule has 0 unspecified atom stereocenters. The lowest BCUT2D eigenvalue weighted by Crippen LogP contribution is -2.48. The number of carbonyl (C=O) groups is 1. The lowest BCUT2D eigenvalue weighted by Gasteiger charge is -2.34. The van der Waals surface area contributed by atoms with E-state index in [0.29, 0.717) is 51.4 Å². The van der Waals surface area contributed by atoms with Gasteiger partial charge in [0.2, 0.25) is 0 Å². The van der Waals surface area contributed by atoms with Crippen LogP contribution in [0, 0.1) is 0 Å². The summed E-state index contributed by atoms with van der Waals surface area (Å²) in [4.78, 5) is 26.7. The van der Waals surface area contributed by atoms with Crippen LogP contribution in [0.4, 0.5) is 10.6 Å². The molecule has 1 amide bonds. The van der Waals surface area contributed by atoms with Crippen LogP contribution in [-0.2, 0) is 6.42 Å². The topological polar surface area (TPSA) is 91.3 Å². The third-order valence-electron chi connectivity index (χ3n) is 6.47. The number of anilines is 1. The van der Waals surface area contributed by atoms with Gasteiger partial charge in [0, 0.05) is 48.7 Å². The zero-order valence-electron chi connectivity index (χ0n) is 17.5. The fourth-order valence-electron chi connectivity index (χ4n) is 4.64. The third-order valence-corrected chi connectivity index (χ3v) is 7.18. The average molecular weight is 492 g/mol. The van der Waals surface area contributed by atoms with Crippen molar-refractivity contribution in [2.24, 2.45) is 0 Å². The molecule has 4 heterocycles. The van der Waals surface area contributed by atoms with E-state index in [0.717, 1.165) is 51.9 Å². The van der Waals surface area contributed by atoms with Crippen molar-refractivity contribution in [2.45, 2.75) is 25.3 Å². The van der Waals surface area contributed by atoms with Gasteiger partial charge in [-0.3, -0.25) is 0 Å². The first-order valence-electron chi connectivity index (χ1n) is 10.7. The lowest BCUT2D eigenvalue weighted by atomic mass is 10.1. The number of hydrogen-bond acceptors (Lipinski definition) is 7. The molecule has 0 saturated carbocycles. The first-order chi connectivity index (χ1) is 15.0. The number of piperazine rings is 1. The van der Waals surface area contributed by atoms with E-state index < -0.39 is 6.09 Å². The molecule has 9 nitrogen and oxygen atoms in total. The van der Waals surface area contributed by atoms with Crippen LogP contribution in [0.1, 0.15) is 18.4 Å². The van der Waals surface area contributed by atoms with E-state index in [9.17, 15) is 9.90 Å². The number of amides is 1. The monoisotopic (exact) mass is 491 g/mol. The van der Waals surface area contributed by atoms with Gasteiger partial charge in [-0.15, -0.1) is 0 Å². The molecule has 0 radical (unpaired) electrons. The minimum atomic E-state index is -0.884. The number of likely N-dealkylation sites (tertiary alicyclic amines) is 1. The van der Waals surface area contributed by atoms with E-state index in [-0.39, 0.29) is 0 Å². The van der Waals surface area contributed by atoms with Crippen LogP contribution in [0.25, 0.3) is 10.9 Å². The van der Waals surface area contributed by atoms with Crippen LogP contribution in [0.15, 0.2) is 10.5 Å². The number of carboxylic acid groups (broad SMARTS) is 1. The van der Waals surface area contributed by atoms with Crippen LogP contribution < -0.4 is 14.4 Å². The molecule has 2 saturated heterocycles. The van der Waals surface area contributed by atoms with E-state index in [1.54, 1.807) is 0 Å². The second-order valence-electron chi connectivity index (χ2n) is 8.33. The van der Waals surface area contributed by atoms with E-state index >= 15 is 0 Å². The van der Waals surface area contributed by atoms with Crippen LogP contribution in [-0.4, -0.2) is 90.0 Å². The summed E-state index contributed by atoms with van der Waals surface area (Å²) in [5.41, 5.74) is 1.90. The smallest absolute Gasteiger partial charge is 0.407 e. The number of hydrogen-bond donors (Lipinski definition) is 1. The minimum absolute atomic E-state index is 0.355. The van der Waals surface area contributed by atoms with Gasteiger partial charge in [0.05, 0.1) is 17.5 Å². The summed E-state index contributed by atoms with van der Waals surface area (Å²) < 4.78 is 13.0. The van der Waals surface area contributed by atoms with Crippen molar-refractivity contribution >= 4 is 38.7 Å². The van der Waals surface area contributed by atoms with Gasteiger partial charge >= 0.3 is 12.1 Å². The highest BCUT2D eigenvalue weighted by molar-refractivity contribution is 9.10. The van der Waals surface area contributed by atoms with Crippen LogP contribution in [0.3, 0.4) is 0 Å². The summed E-state index contributed by atoms with van der Waals surface area (Å²) in [7, 11) is 2.12. The molecule has 0 bridgehead atoms. The van der Waals surface area contributed by atoms with Crippen molar-refractivity contribution in [3.05, 3.63) is 16.1 Å². The second-order valence-corrected chi connectivity index (χ2v) is 9.19. The molecule has 31 heavy (non-hydrogen) atoms. The van der Waals surface area contributed by atoms with Gasteiger partial charge in [0.25, 0.3) is 0 Å². The molecular formula is C21H26BrN5O4. The number of aromatic nitrogens is 2. The maximum absolute atomic E-state index is 11.3. The Bertz CT molecular complexity index is 1010. The zero-order valence-corrected chi connectivity index (χ0v) is 19.1. The number of fused-ring (bicyclic) bond motifs is 3. The molecule has 2 fully saturated rings. The van der Waals surface area contributed by atoms with Crippen molar-refractivity contribution in [2.75, 3.05) is 57.9 Å². The molecule has 166 valence electrons. The van der Waals surface area contributed by atoms with E-state index in [1.165, 1.54) is 11.3 Å². The largest absolute Gasteiger partial charge is 0.492 e. The molecule has 0 spiro atoms. The summed E-state index contributed by atoms with van der Waals surface area (Å²) in [6.45, 7) is 4.26. The van der Waals surface area contributed by atoms with Crippen molar-refractivity contribution in [1.82, 2.24) is 19.8 Å². The Morgan fingerprint density at radius 1 is 1.29 bits per heavy atom. The van der Waals surface area contributed by atoms with E-state index in [2.05, 4.69) is 32.8 Å². The number of rotatable bonds is 4. The first kappa shape index (κ1) is 20.6. The van der Waals surface area contributed by atoms with Gasteiger partial charge in [-0.1, -0.05) is 15.9 Å². The minimum Gasteiger partial charge on any atom is -0.492 e. The van der Waals surface area contributed by atoms with E-state index in [1.807, 2.05) is 6.07 Å². The fraction of sp³-hybridized carbons (Fsp3) is 0.571. The molecule has 2 aromatic rings. The summed E-state index contributed by atoms with van der Waals surface area (Å²) in [6, 6.07) is 2.74. The standard InChI is InChI=1S/C21H26BrN5O4/c1-25-5-2-3-13(25)12-31-20-23-16-11-15(22)14-4-10-30-18(14)17(16)19(24-20)26-6-8-27(9-7-26)21(28)29/h11,13H,2-10,12H2,1H3,(H,28,29)/t13-/m0/s1. The predicted octanol–water partition coefficient (Wildman–Crippen LogP) is 2.60. The Balaban J connectivity index is 1.51. The van der Waals surface area contributed by atoms with Crippen LogP contribution in [0.5, 0.6) is 11.8 Å². The second kappa shape index (κ2) is 8.31. The lowest BCUT2D eigenvalue weighted by molar-refractivity contribution is 0.142. The van der Waals surface area contributed by atoms with Crippen molar-refractivity contribution in [3.8, 4) is 11.8 Å². The van der Waals surface area contributed by atoms with Crippen molar-refractivity contribution < 1.29 is 19.4 Å². The molecule has 1 N–H and O–H groups in total. The number of benzene rings is 1. The van der Waals surface area contributed by atoms with Gasteiger partial charge < -0.3 is 29.3 Å². The quantitative estimate of drug-likeness (QED) is 0.697. The summed E-state index contributed by atoms with van der Waals surface area (Å²) in [5.74, 6) is 1.58. The zero-order chi connectivity index (χ0) is 21.5. The molecule has 1 aromatic carbocycles. The number of ether oxygens (including phenoxy) is 2. The molecule has 1 atom stereocenters. The molecule has 3 aliphatic rings. The molecular weight excluding hydrogens is 466 g/mol. The maximum Gasteiger partial charge on any atom is 0.407 e. The van der Waals surface area contributed by atoms with Crippen molar-refractivity contribution in [1.29, 1.82) is 0 Å². The molecule has 0 aliphatic carbocycles. The summed E-state index contributed by atoms with van der Waals surface area (Å²) in [5, 5.41) is 10.2. The number of halogens is 1. The maximum atomic E-state index is 11.3. The Morgan fingerprint density at radius 3 is 2.81 bits per heavy atom.